The molecule has 0 radical (unpaired) electrons. The predicted octanol–water partition coefficient (Wildman–Crippen LogP) is 2.02. The van der Waals surface area contributed by atoms with E-state index < -0.39 is 10.0 Å². The van der Waals surface area contributed by atoms with Gasteiger partial charge in [0.05, 0.1) is 29.6 Å². The summed E-state index contributed by atoms with van der Waals surface area (Å²) in [6, 6.07) is 5.21. The molecule has 0 spiro atoms. The maximum atomic E-state index is 13.2. The van der Waals surface area contributed by atoms with Gasteiger partial charge in [-0.05, 0) is 39.7 Å². The number of aromatic nitrogens is 3. The Morgan fingerprint density at radius 3 is 2.85 bits per heavy atom. The van der Waals surface area contributed by atoms with Crippen LogP contribution in [0.2, 0.25) is 0 Å². The van der Waals surface area contributed by atoms with Gasteiger partial charge in [0.25, 0.3) is 0 Å². The lowest BCUT2D eigenvalue weighted by molar-refractivity contribution is 0.124. The number of pyridine rings is 1. The first kappa shape index (κ1) is 19.3. The fraction of sp³-hybridized carbons (Fsp3) is 0.500. The Labute approximate surface area is 159 Å². The fourth-order valence-corrected chi connectivity index (χ4v) is 5.31. The molecular formula is C18H23N5O3S. The maximum Gasteiger partial charge on any atom is 0.246 e. The third kappa shape index (κ3) is 3.82. The van der Waals surface area contributed by atoms with Gasteiger partial charge in [0.2, 0.25) is 15.9 Å². The molecule has 27 heavy (non-hydrogen) atoms. The summed E-state index contributed by atoms with van der Waals surface area (Å²) in [6.07, 6.45) is 2.63. The van der Waals surface area contributed by atoms with Crippen molar-refractivity contribution in [1.82, 2.24) is 19.1 Å². The summed E-state index contributed by atoms with van der Waals surface area (Å²) < 4.78 is 35.5. The van der Waals surface area contributed by atoms with Gasteiger partial charge in [-0.1, -0.05) is 0 Å². The number of sulfonamides is 1. The van der Waals surface area contributed by atoms with E-state index in [1.54, 1.807) is 30.7 Å². The molecule has 3 rings (SSSR count). The van der Waals surface area contributed by atoms with E-state index in [0.29, 0.717) is 42.3 Å². The van der Waals surface area contributed by atoms with Gasteiger partial charge in [-0.2, -0.15) is 14.7 Å². The summed E-state index contributed by atoms with van der Waals surface area (Å²) >= 11 is 0. The highest BCUT2D eigenvalue weighted by Gasteiger charge is 2.35. The van der Waals surface area contributed by atoms with Gasteiger partial charge in [0.15, 0.2) is 0 Å². The van der Waals surface area contributed by atoms with E-state index in [4.69, 9.17) is 10.00 Å². The van der Waals surface area contributed by atoms with E-state index in [9.17, 15) is 8.42 Å². The summed E-state index contributed by atoms with van der Waals surface area (Å²) in [7, 11) is -3.65. The summed E-state index contributed by atoms with van der Waals surface area (Å²) in [5.41, 5.74) is 1.63. The highest BCUT2D eigenvalue weighted by molar-refractivity contribution is 7.89. The molecule has 144 valence electrons. The van der Waals surface area contributed by atoms with E-state index in [-0.39, 0.29) is 17.5 Å². The quantitative estimate of drug-likeness (QED) is 0.775. The van der Waals surface area contributed by atoms with Gasteiger partial charge in [-0.25, -0.2) is 13.4 Å². The highest BCUT2D eigenvalue weighted by atomic mass is 32.2. The Morgan fingerprint density at radius 2 is 2.19 bits per heavy atom. The number of hydrogen-bond donors (Lipinski definition) is 0. The fourth-order valence-electron chi connectivity index (χ4n) is 3.42. The lowest BCUT2D eigenvalue weighted by Crippen LogP contribution is -2.44. The van der Waals surface area contributed by atoms with Crippen molar-refractivity contribution in [1.29, 1.82) is 5.26 Å². The molecule has 1 atom stereocenters. The van der Waals surface area contributed by atoms with Gasteiger partial charge >= 0.3 is 0 Å². The van der Waals surface area contributed by atoms with Crippen LogP contribution in [0.3, 0.4) is 0 Å². The lowest BCUT2D eigenvalue weighted by Gasteiger charge is -2.31. The molecule has 1 aliphatic rings. The van der Waals surface area contributed by atoms with Crippen LogP contribution >= 0.6 is 0 Å². The van der Waals surface area contributed by atoms with E-state index in [2.05, 4.69) is 10.1 Å². The Hall–Kier alpha value is -2.44. The summed E-state index contributed by atoms with van der Waals surface area (Å²) in [6.45, 7) is 6.76. The van der Waals surface area contributed by atoms with E-state index >= 15 is 0 Å². The van der Waals surface area contributed by atoms with Gasteiger partial charge in [-0.15, -0.1) is 0 Å². The molecule has 0 N–H and O–H groups in total. The van der Waals surface area contributed by atoms with Crippen LogP contribution in [-0.4, -0.2) is 46.7 Å². The van der Waals surface area contributed by atoms with Gasteiger partial charge in [0, 0.05) is 25.4 Å². The Bertz CT molecular complexity index is 977. The molecule has 0 aromatic carbocycles. The van der Waals surface area contributed by atoms with Crippen LogP contribution in [0.4, 0.5) is 0 Å². The smallest absolute Gasteiger partial charge is 0.246 e. The number of rotatable bonds is 5. The molecule has 2 aromatic heterocycles. The van der Waals surface area contributed by atoms with Crippen LogP contribution in [0.25, 0.3) is 0 Å². The average Bonchev–Trinajstić information content (AvgIpc) is 2.96. The molecule has 0 aliphatic carbocycles. The minimum absolute atomic E-state index is 0.247. The van der Waals surface area contributed by atoms with E-state index in [0.717, 1.165) is 6.42 Å². The minimum Gasteiger partial charge on any atom is -0.473 e. The second-order valence-electron chi connectivity index (χ2n) is 6.56. The zero-order chi connectivity index (χ0) is 19.6. The van der Waals surface area contributed by atoms with Crippen molar-refractivity contribution in [2.45, 2.75) is 51.2 Å². The minimum atomic E-state index is -3.65. The molecule has 3 heterocycles. The van der Waals surface area contributed by atoms with Crippen LogP contribution in [0.5, 0.6) is 5.88 Å². The van der Waals surface area contributed by atoms with Crippen LogP contribution in [0.1, 0.15) is 36.7 Å². The third-order valence-corrected chi connectivity index (χ3v) is 6.82. The molecule has 0 saturated carbocycles. The van der Waals surface area contributed by atoms with Crippen LogP contribution < -0.4 is 4.74 Å². The van der Waals surface area contributed by atoms with Crippen LogP contribution in [0, 0.1) is 25.2 Å². The number of piperidine rings is 1. The first-order valence-corrected chi connectivity index (χ1v) is 10.4. The molecule has 9 heteroatoms. The van der Waals surface area contributed by atoms with Gasteiger partial charge < -0.3 is 4.74 Å². The zero-order valence-corrected chi connectivity index (χ0v) is 16.5. The molecule has 0 unspecified atom stereocenters. The average molecular weight is 389 g/mol. The third-order valence-electron chi connectivity index (χ3n) is 4.70. The molecular weight excluding hydrogens is 366 g/mol. The Kier molecular flexibility index (Phi) is 5.48. The lowest BCUT2D eigenvalue weighted by atomic mass is 10.1. The first-order chi connectivity index (χ1) is 12.9. The Balaban J connectivity index is 1.81. The molecule has 1 fully saturated rings. The Morgan fingerprint density at radius 1 is 1.41 bits per heavy atom. The largest absolute Gasteiger partial charge is 0.473 e. The standard InChI is InChI=1S/C18H23N5O3S/c1-4-23-14(3)18(13(2)21-23)27(24,25)22-9-5-6-16(12-22)26-17-10-15(11-19)7-8-20-17/h7-8,10,16H,4-6,9,12H2,1-3H3/t16-/m0/s1. The monoisotopic (exact) mass is 389 g/mol. The number of hydrogen-bond acceptors (Lipinski definition) is 6. The summed E-state index contributed by atoms with van der Waals surface area (Å²) in [4.78, 5) is 4.40. The second kappa shape index (κ2) is 7.66. The van der Waals surface area contributed by atoms with Gasteiger partial charge in [0.1, 0.15) is 11.0 Å². The molecule has 2 aromatic rings. The molecule has 8 nitrogen and oxygen atoms in total. The maximum absolute atomic E-state index is 13.2. The highest BCUT2D eigenvalue weighted by Crippen LogP contribution is 2.27. The number of nitrogens with zero attached hydrogens (tertiary/aromatic N) is 5. The van der Waals surface area contributed by atoms with Crippen LogP contribution in [0.15, 0.2) is 23.2 Å². The van der Waals surface area contributed by atoms with Crippen molar-refractivity contribution in [3.8, 4) is 11.9 Å². The van der Waals surface area contributed by atoms with Crippen molar-refractivity contribution >= 4 is 10.0 Å². The number of aryl methyl sites for hydroxylation is 2. The van der Waals surface area contributed by atoms with Crippen molar-refractivity contribution in [2.24, 2.45) is 0 Å². The molecule has 0 bridgehead atoms. The van der Waals surface area contributed by atoms with Crippen molar-refractivity contribution < 1.29 is 13.2 Å². The zero-order valence-electron chi connectivity index (χ0n) is 15.7. The SMILES string of the molecule is CCn1nc(C)c(S(=O)(=O)N2CCC[C@H](Oc3cc(C#N)ccn3)C2)c1C. The van der Waals surface area contributed by atoms with Crippen LogP contribution in [-0.2, 0) is 16.6 Å². The molecule has 1 aliphatic heterocycles. The number of nitriles is 1. The van der Waals surface area contributed by atoms with E-state index in [1.807, 2.05) is 13.0 Å². The predicted molar refractivity (Wildman–Crippen MR) is 98.7 cm³/mol. The van der Waals surface area contributed by atoms with Crippen molar-refractivity contribution in [3.63, 3.8) is 0 Å². The van der Waals surface area contributed by atoms with Crippen molar-refractivity contribution in [3.05, 3.63) is 35.3 Å². The second-order valence-corrected chi connectivity index (χ2v) is 8.43. The van der Waals surface area contributed by atoms with E-state index in [1.165, 1.54) is 10.5 Å². The topological polar surface area (TPSA) is 101 Å². The first-order valence-electron chi connectivity index (χ1n) is 8.93. The number of ether oxygens (including phenoxy) is 1. The molecule has 1 saturated heterocycles. The van der Waals surface area contributed by atoms with Crippen molar-refractivity contribution in [2.75, 3.05) is 13.1 Å². The van der Waals surface area contributed by atoms with Gasteiger partial charge in [-0.3, -0.25) is 4.68 Å². The summed E-state index contributed by atoms with van der Waals surface area (Å²) in [5.74, 6) is 0.337. The normalized spacial score (nSPS) is 18.2. The molecule has 0 amide bonds. The summed E-state index contributed by atoms with van der Waals surface area (Å²) in [5, 5.41) is 13.3.